The zero-order valence-electron chi connectivity index (χ0n) is 11.4. The average molecular weight is 266 g/mol. The first-order valence-electron chi connectivity index (χ1n) is 6.38. The molecule has 1 aromatic carbocycles. The second-order valence-corrected chi connectivity index (χ2v) is 4.12. The topological polar surface area (TPSA) is 58.2 Å². The predicted molar refractivity (Wildman–Crippen MR) is 72.1 cm³/mol. The van der Waals surface area contributed by atoms with Gasteiger partial charge in [-0.15, -0.1) is 0 Å². The molecule has 2 N–H and O–H groups in total. The second-order valence-electron chi connectivity index (χ2n) is 4.12. The minimum Gasteiger partial charge on any atom is -0.358 e. The molecule has 0 radical (unpaired) electrons. The summed E-state index contributed by atoms with van der Waals surface area (Å²) in [6.07, 6.45) is 1.11. The van der Waals surface area contributed by atoms with Gasteiger partial charge in [0.1, 0.15) is 11.2 Å². The molecule has 1 fully saturated rings. The number of rotatable bonds is 3. The number of nitrogens with one attached hydrogen (secondary N) is 2. The van der Waals surface area contributed by atoms with Crippen LogP contribution in [0.5, 0.6) is 0 Å². The van der Waals surface area contributed by atoms with Crippen molar-refractivity contribution in [1.82, 2.24) is 5.32 Å². The Morgan fingerprint density at radius 3 is 2.05 bits per heavy atom. The van der Waals surface area contributed by atoms with Gasteiger partial charge in [-0.25, -0.2) is 4.39 Å². The molecule has 104 valence electrons. The summed E-state index contributed by atoms with van der Waals surface area (Å²) in [5.41, 5.74) is -0.435. The molecule has 1 aliphatic carbocycles. The van der Waals surface area contributed by atoms with E-state index in [2.05, 4.69) is 10.6 Å². The van der Waals surface area contributed by atoms with Gasteiger partial charge >= 0.3 is 0 Å². The van der Waals surface area contributed by atoms with Gasteiger partial charge < -0.3 is 10.6 Å². The van der Waals surface area contributed by atoms with Gasteiger partial charge in [0.05, 0.1) is 0 Å². The molecule has 5 heteroatoms. The summed E-state index contributed by atoms with van der Waals surface area (Å²) in [6.45, 7) is 4.00. The average Bonchev–Trinajstić information content (AvgIpc) is 3.24. The molecule has 0 aromatic heterocycles. The van der Waals surface area contributed by atoms with Crippen LogP contribution in [0.4, 0.5) is 10.1 Å². The van der Waals surface area contributed by atoms with Crippen LogP contribution >= 0.6 is 0 Å². The SMILES string of the molecule is CC.CNC(=O)C1(C(=O)Nc2ccc(F)cc2)CC1. The Morgan fingerprint density at radius 1 is 1.11 bits per heavy atom. The van der Waals surface area contributed by atoms with Gasteiger partial charge in [0, 0.05) is 12.7 Å². The lowest BCUT2D eigenvalue weighted by Crippen LogP contribution is -2.38. The third kappa shape index (κ3) is 3.30. The Balaban J connectivity index is 0.000000861. The molecule has 0 atom stereocenters. The lowest BCUT2D eigenvalue weighted by molar-refractivity contribution is -0.134. The number of halogens is 1. The first kappa shape index (κ1) is 15.1. The molecule has 0 saturated heterocycles. The molecular weight excluding hydrogens is 247 g/mol. The maximum absolute atomic E-state index is 12.7. The van der Waals surface area contributed by atoms with Crippen LogP contribution in [-0.2, 0) is 9.59 Å². The molecule has 0 bridgehead atoms. The monoisotopic (exact) mass is 266 g/mol. The smallest absolute Gasteiger partial charge is 0.240 e. The van der Waals surface area contributed by atoms with E-state index in [1.54, 1.807) is 0 Å². The summed E-state index contributed by atoms with van der Waals surface area (Å²) in [4.78, 5) is 23.5. The molecule has 0 unspecified atom stereocenters. The first-order valence-corrected chi connectivity index (χ1v) is 6.38. The van der Waals surface area contributed by atoms with Gasteiger partial charge in [0.25, 0.3) is 0 Å². The first-order chi connectivity index (χ1) is 9.08. The standard InChI is InChI=1S/C12H13FN2O2.C2H6/c1-14-10(16)12(6-7-12)11(17)15-9-4-2-8(13)3-5-9;1-2/h2-5H,6-7H2,1H3,(H,14,16)(H,15,17);1-2H3. The van der Waals surface area contributed by atoms with Crippen molar-refractivity contribution in [3.63, 3.8) is 0 Å². The van der Waals surface area contributed by atoms with Crippen molar-refractivity contribution in [1.29, 1.82) is 0 Å². The zero-order chi connectivity index (χ0) is 14.5. The lowest BCUT2D eigenvalue weighted by atomic mass is 10.1. The fourth-order valence-corrected chi connectivity index (χ4v) is 1.71. The molecule has 2 rings (SSSR count). The highest BCUT2D eigenvalue weighted by Crippen LogP contribution is 2.46. The number of benzene rings is 1. The third-order valence-corrected chi connectivity index (χ3v) is 2.95. The van der Waals surface area contributed by atoms with Gasteiger partial charge in [-0.3, -0.25) is 9.59 Å². The molecular formula is C14H19FN2O2. The summed E-state index contributed by atoms with van der Waals surface area (Å²) in [7, 11) is 1.51. The van der Waals surface area contributed by atoms with E-state index in [4.69, 9.17) is 0 Å². The van der Waals surface area contributed by atoms with Crippen LogP contribution in [0.15, 0.2) is 24.3 Å². The van der Waals surface area contributed by atoms with E-state index >= 15 is 0 Å². The van der Waals surface area contributed by atoms with Crippen LogP contribution in [0.2, 0.25) is 0 Å². The van der Waals surface area contributed by atoms with E-state index in [1.807, 2.05) is 13.8 Å². The van der Waals surface area contributed by atoms with Crippen molar-refractivity contribution in [3.05, 3.63) is 30.1 Å². The summed E-state index contributed by atoms with van der Waals surface area (Å²) in [6, 6.07) is 5.45. The fraction of sp³-hybridized carbons (Fsp3) is 0.429. The third-order valence-electron chi connectivity index (χ3n) is 2.95. The summed E-state index contributed by atoms with van der Waals surface area (Å²) < 4.78 is 12.7. The number of hydrogen-bond acceptors (Lipinski definition) is 2. The van der Waals surface area contributed by atoms with Crippen molar-refractivity contribution in [2.24, 2.45) is 5.41 Å². The van der Waals surface area contributed by atoms with Crippen molar-refractivity contribution in [2.45, 2.75) is 26.7 Å². The van der Waals surface area contributed by atoms with Crippen molar-refractivity contribution >= 4 is 17.5 Å². The van der Waals surface area contributed by atoms with Crippen molar-refractivity contribution in [2.75, 3.05) is 12.4 Å². The Bertz CT molecular complexity index is 453. The maximum atomic E-state index is 12.7. The molecule has 4 nitrogen and oxygen atoms in total. The maximum Gasteiger partial charge on any atom is 0.240 e. The van der Waals surface area contributed by atoms with Crippen LogP contribution in [0, 0.1) is 11.2 Å². The Kier molecular flexibility index (Phi) is 5.03. The number of hydrogen-bond donors (Lipinski definition) is 2. The molecule has 0 spiro atoms. The number of amides is 2. The van der Waals surface area contributed by atoms with Gasteiger partial charge in [0.15, 0.2) is 0 Å². The van der Waals surface area contributed by atoms with Crippen LogP contribution in [-0.4, -0.2) is 18.9 Å². The predicted octanol–water partition coefficient (Wildman–Crippen LogP) is 2.32. The van der Waals surface area contributed by atoms with Crippen LogP contribution in [0.25, 0.3) is 0 Å². The van der Waals surface area contributed by atoms with E-state index in [0.717, 1.165) is 0 Å². The second kappa shape index (κ2) is 6.31. The Morgan fingerprint density at radius 2 is 1.63 bits per heavy atom. The van der Waals surface area contributed by atoms with E-state index in [9.17, 15) is 14.0 Å². The molecule has 19 heavy (non-hydrogen) atoms. The molecule has 2 amide bonds. The number of anilines is 1. The van der Waals surface area contributed by atoms with Gasteiger partial charge in [0.2, 0.25) is 11.8 Å². The van der Waals surface area contributed by atoms with E-state index < -0.39 is 5.41 Å². The zero-order valence-corrected chi connectivity index (χ0v) is 11.4. The van der Waals surface area contributed by atoms with Crippen LogP contribution in [0.1, 0.15) is 26.7 Å². The number of carbonyl (C=O) groups excluding carboxylic acids is 2. The van der Waals surface area contributed by atoms with Crippen LogP contribution in [0.3, 0.4) is 0 Å². The summed E-state index contributed by atoms with van der Waals surface area (Å²) >= 11 is 0. The minimum absolute atomic E-state index is 0.267. The van der Waals surface area contributed by atoms with E-state index in [1.165, 1.54) is 31.3 Å². The van der Waals surface area contributed by atoms with Crippen molar-refractivity contribution in [3.8, 4) is 0 Å². The normalized spacial score (nSPS) is 14.7. The van der Waals surface area contributed by atoms with Crippen molar-refractivity contribution < 1.29 is 14.0 Å². The van der Waals surface area contributed by atoms with Gasteiger partial charge in [-0.05, 0) is 37.1 Å². The van der Waals surface area contributed by atoms with Crippen LogP contribution < -0.4 is 10.6 Å². The molecule has 1 aliphatic rings. The van der Waals surface area contributed by atoms with E-state index in [-0.39, 0.29) is 17.6 Å². The highest BCUT2D eigenvalue weighted by atomic mass is 19.1. The molecule has 0 aliphatic heterocycles. The highest BCUT2D eigenvalue weighted by molar-refractivity contribution is 6.12. The minimum atomic E-state index is -0.927. The highest BCUT2D eigenvalue weighted by Gasteiger charge is 2.56. The largest absolute Gasteiger partial charge is 0.358 e. The number of carbonyl (C=O) groups is 2. The molecule has 1 aromatic rings. The molecule has 1 saturated carbocycles. The lowest BCUT2D eigenvalue weighted by Gasteiger charge is -2.13. The fourth-order valence-electron chi connectivity index (χ4n) is 1.71. The Labute approximate surface area is 112 Å². The summed E-state index contributed by atoms with van der Waals surface area (Å²) in [5, 5.41) is 5.10. The quantitative estimate of drug-likeness (QED) is 0.825. The van der Waals surface area contributed by atoms with Gasteiger partial charge in [-0.2, -0.15) is 0 Å². The Hall–Kier alpha value is -1.91. The van der Waals surface area contributed by atoms with E-state index in [0.29, 0.717) is 18.5 Å². The summed E-state index contributed by atoms with van der Waals surface area (Å²) in [5.74, 6) is -0.962. The molecule has 0 heterocycles. The van der Waals surface area contributed by atoms with Gasteiger partial charge in [-0.1, -0.05) is 13.8 Å².